The van der Waals surface area contributed by atoms with E-state index in [9.17, 15) is 5.11 Å². The highest BCUT2D eigenvalue weighted by Crippen LogP contribution is 2.36. The predicted molar refractivity (Wildman–Crippen MR) is 68.9 cm³/mol. The Balaban J connectivity index is 1.82. The lowest BCUT2D eigenvalue weighted by molar-refractivity contribution is 0.338. The van der Waals surface area contributed by atoms with E-state index < -0.39 is 0 Å². The molecule has 1 atom stereocenters. The monoisotopic (exact) mass is 242 g/mol. The van der Waals surface area contributed by atoms with Crippen LogP contribution in [0.3, 0.4) is 0 Å². The number of nitrogens with one attached hydrogen (secondary N) is 1. The van der Waals surface area contributed by atoms with Gasteiger partial charge in [-0.1, -0.05) is 0 Å². The molecular formula is C14H14N2O2. The molecule has 18 heavy (non-hydrogen) atoms. The van der Waals surface area contributed by atoms with Crippen molar-refractivity contribution in [3.8, 4) is 11.5 Å². The average molecular weight is 242 g/mol. The molecule has 1 unspecified atom stereocenters. The Hall–Kier alpha value is -2.23. The zero-order valence-corrected chi connectivity index (χ0v) is 10.1. The van der Waals surface area contributed by atoms with E-state index in [0.29, 0.717) is 6.61 Å². The normalized spacial score (nSPS) is 17.1. The second kappa shape index (κ2) is 4.22. The van der Waals surface area contributed by atoms with E-state index in [1.54, 1.807) is 12.1 Å². The van der Waals surface area contributed by atoms with Crippen molar-refractivity contribution < 1.29 is 9.84 Å². The molecule has 0 spiro atoms. The number of nitrogens with zero attached hydrogens (tertiary/aromatic N) is 1. The van der Waals surface area contributed by atoms with Gasteiger partial charge in [0.1, 0.15) is 18.1 Å². The van der Waals surface area contributed by atoms with Crippen LogP contribution in [0.2, 0.25) is 0 Å². The van der Waals surface area contributed by atoms with Gasteiger partial charge in [0.05, 0.1) is 17.9 Å². The van der Waals surface area contributed by atoms with Gasteiger partial charge in [0.25, 0.3) is 0 Å². The number of phenols is 1. The van der Waals surface area contributed by atoms with Gasteiger partial charge in [-0.15, -0.1) is 0 Å². The Morgan fingerprint density at radius 3 is 3.00 bits per heavy atom. The number of rotatable bonds is 2. The first kappa shape index (κ1) is 10.9. The van der Waals surface area contributed by atoms with Gasteiger partial charge in [-0.2, -0.15) is 0 Å². The fraction of sp³-hybridized carbons (Fsp3) is 0.214. The van der Waals surface area contributed by atoms with E-state index in [1.165, 1.54) is 0 Å². The first-order chi connectivity index (χ1) is 8.72. The molecule has 1 aliphatic heterocycles. The number of aryl methyl sites for hydroxylation is 1. The zero-order valence-electron chi connectivity index (χ0n) is 10.1. The zero-order chi connectivity index (χ0) is 12.5. The fourth-order valence-electron chi connectivity index (χ4n) is 2.07. The Kier molecular flexibility index (Phi) is 2.55. The summed E-state index contributed by atoms with van der Waals surface area (Å²) in [5, 5.41) is 12.8. The van der Waals surface area contributed by atoms with Gasteiger partial charge in [0.2, 0.25) is 0 Å². The Labute approximate surface area is 105 Å². The summed E-state index contributed by atoms with van der Waals surface area (Å²) >= 11 is 0. The third kappa shape index (κ3) is 1.97. The van der Waals surface area contributed by atoms with E-state index in [4.69, 9.17) is 4.74 Å². The third-order valence-corrected chi connectivity index (χ3v) is 3.03. The molecule has 0 radical (unpaired) electrons. The van der Waals surface area contributed by atoms with Crippen molar-refractivity contribution in [2.45, 2.75) is 13.0 Å². The second-order valence-corrected chi connectivity index (χ2v) is 4.42. The van der Waals surface area contributed by atoms with Gasteiger partial charge in [-0.05, 0) is 31.2 Å². The molecule has 3 rings (SSSR count). The van der Waals surface area contributed by atoms with Crippen LogP contribution < -0.4 is 10.1 Å². The molecule has 1 aromatic carbocycles. The van der Waals surface area contributed by atoms with Crippen LogP contribution in [0.4, 0.5) is 5.69 Å². The molecule has 1 aliphatic rings. The highest BCUT2D eigenvalue weighted by atomic mass is 16.5. The molecule has 2 heterocycles. The molecule has 4 nitrogen and oxygen atoms in total. The van der Waals surface area contributed by atoms with Gasteiger partial charge in [-0.3, -0.25) is 4.98 Å². The maximum atomic E-state index is 9.39. The first-order valence-electron chi connectivity index (χ1n) is 5.87. The van der Waals surface area contributed by atoms with Crippen molar-refractivity contribution in [2.24, 2.45) is 0 Å². The summed E-state index contributed by atoms with van der Waals surface area (Å²) in [6, 6.07) is 9.28. The number of ether oxygens (including phenoxy) is 1. The Morgan fingerprint density at radius 2 is 2.22 bits per heavy atom. The van der Waals surface area contributed by atoms with Crippen molar-refractivity contribution >= 4 is 5.69 Å². The molecule has 0 saturated carbocycles. The van der Waals surface area contributed by atoms with Gasteiger partial charge < -0.3 is 15.2 Å². The molecular weight excluding hydrogens is 228 g/mol. The molecule has 2 N–H and O–H groups in total. The lowest BCUT2D eigenvalue weighted by atomic mass is 10.1. The summed E-state index contributed by atoms with van der Waals surface area (Å²) in [5.74, 6) is 0.971. The van der Waals surface area contributed by atoms with E-state index in [-0.39, 0.29) is 11.8 Å². The molecule has 0 aliphatic carbocycles. The number of phenolic OH excluding ortho intramolecular Hbond substituents is 1. The summed E-state index contributed by atoms with van der Waals surface area (Å²) in [7, 11) is 0. The molecule has 1 aromatic heterocycles. The highest BCUT2D eigenvalue weighted by Gasteiger charge is 2.24. The number of fused-ring (bicyclic) bond motifs is 1. The molecule has 0 bridgehead atoms. The maximum Gasteiger partial charge on any atom is 0.128 e. The van der Waals surface area contributed by atoms with E-state index in [0.717, 1.165) is 22.7 Å². The lowest BCUT2D eigenvalue weighted by Gasteiger charge is -2.12. The summed E-state index contributed by atoms with van der Waals surface area (Å²) < 4.78 is 5.54. The van der Waals surface area contributed by atoms with Gasteiger partial charge in [-0.25, -0.2) is 0 Å². The summed E-state index contributed by atoms with van der Waals surface area (Å²) in [5.41, 5.74) is 3.03. The second-order valence-electron chi connectivity index (χ2n) is 4.42. The molecule has 0 amide bonds. The van der Waals surface area contributed by atoms with Crippen LogP contribution in [0.15, 0.2) is 36.5 Å². The maximum absolute atomic E-state index is 9.39. The minimum Gasteiger partial charge on any atom is -0.508 e. The van der Waals surface area contributed by atoms with Crippen molar-refractivity contribution in [1.82, 2.24) is 4.98 Å². The van der Waals surface area contributed by atoms with Gasteiger partial charge in [0, 0.05) is 17.3 Å². The third-order valence-electron chi connectivity index (χ3n) is 3.03. The molecule has 0 saturated heterocycles. The highest BCUT2D eigenvalue weighted by molar-refractivity contribution is 5.50. The van der Waals surface area contributed by atoms with Crippen LogP contribution in [-0.2, 0) is 0 Å². The Morgan fingerprint density at radius 1 is 1.33 bits per heavy atom. The predicted octanol–water partition coefficient (Wildman–Crippen LogP) is 2.64. The topological polar surface area (TPSA) is 54.4 Å². The van der Waals surface area contributed by atoms with Crippen LogP contribution in [0.5, 0.6) is 11.5 Å². The molecule has 4 heteroatoms. The SMILES string of the molecule is Cc1ccc(NC2COc3cc(O)ccc32)cn1. The van der Waals surface area contributed by atoms with E-state index in [1.807, 2.05) is 31.3 Å². The van der Waals surface area contributed by atoms with Crippen LogP contribution in [0.1, 0.15) is 17.3 Å². The number of benzene rings is 1. The fourth-order valence-corrected chi connectivity index (χ4v) is 2.07. The Bertz CT molecular complexity index is 567. The number of hydrogen-bond acceptors (Lipinski definition) is 4. The summed E-state index contributed by atoms with van der Waals surface area (Å²) in [6.45, 7) is 2.52. The van der Waals surface area contributed by atoms with Crippen molar-refractivity contribution in [1.29, 1.82) is 0 Å². The number of aromatic hydroxyl groups is 1. The quantitative estimate of drug-likeness (QED) is 0.850. The van der Waals surface area contributed by atoms with Gasteiger partial charge >= 0.3 is 0 Å². The van der Waals surface area contributed by atoms with Crippen LogP contribution in [0, 0.1) is 6.92 Å². The van der Waals surface area contributed by atoms with Crippen LogP contribution in [-0.4, -0.2) is 16.7 Å². The van der Waals surface area contributed by atoms with Gasteiger partial charge in [0.15, 0.2) is 0 Å². The number of pyridine rings is 1. The van der Waals surface area contributed by atoms with Crippen LogP contribution >= 0.6 is 0 Å². The first-order valence-corrected chi connectivity index (χ1v) is 5.87. The number of hydrogen-bond donors (Lipinski definition) is 2. The molecule has 92 valence electrons. The van der Waals surface area contributed by atoms with Crippen molar-refractivity contribution in [2.75, 3.05) is 11.9 Å². The molecule has 2 aromatic rings. The summed E-state index contributed by atoms with van der Waals surface area (Å²) in [6.07, 6.45) is 1.81. The standard InChI is InChI=1S/C14H14N2O2/c1-9-2-3-10(7-15-9)16-13-8-18-14-6-11(17)4-5-12(13)14/h2-7,13,16-17H,8H2,1H3. The minimum atomic E-state index is 0.102. The van der Waals surface area contributed by atoms with E-state index in [2.05, 4.69) is 10.3 Å². The summed E-state index contributed by atoms with van der Waals surface area (Å²) in [4.78, 5) is 4.25. The van der Waals surface area contributed by atoms with Crippen molar-refractivity contribution in [3.05, 3.63) is 47.8 Å². The van der Waals surface area contributed by atoms with E-state index >= 15 is 0 Å². The average Bonchev–Trinajstić information content (AvgIpc) is 2.74. The van der Waals surface area contributed by atoms with Crippen molar-refractivity contribution in [3.63, 3.8) is 0 Å². The largest absolute Gasteiger partial charge is 0.508 e. The minimum absolute atomic E-state index is 0.102. The van der Waals surface area contributed by atoms with Crippen LogP contribution in [0.25, 0.3) is 0 Å². The lowest BCUT2D eigenvalue weighted by Crippen LogP contribution is -2.12. The molecule has 0 fully saturated rings. The number of aromatic nitrogens is 1. The number of anilines is 1. The smallest absolute Gasteiger partial charge is 0.128 e.